The third-order valence-corrected chi connectivity index (χ3v) is 6.56. The number of rotatable bonds is 6. The molecule has 1 atom stereocenters. The zero-order valence-corrected chi connectivity index (χ0v) is 19.8. The van der Waals surface area contributed by atoms with Crippen LogP contribution in [0.15, 0.2) is 84.1 Å². The first-order valence-electron chi connectivity index (χ1n) is 11.7. The van der Waals surface area contributed by atoms with Crippen molar-refractivity contribution >= 4 is 17.4 Å². The van der Waals surface area contributed by atoms with Gasteiger partial charge in [0.15, 0.2) is 5.78 Å². The highest BCUT2D eigenvalue weighted by Gasteiger charge is 2.40. The number of carbonyl (C=O) groups is 2. The highest BCUT2D eigenvalue weighted by atomic mass is 16.5. The number of methoxy groups -OCH3 is 2. The first-order chi connectivity index (χ1) is 17.1. The molecule has 0 bridgehead atoms. The zero-order chi connectivity index (χ0) is 24.4. The molecule has 5 rings (SSSR count). The molecule has 0 N–H and O–H groups in total. The average molecular weight is 470 g/mol. The number of para-hydroxylation sites is 1. The first kappa shape index (κ1) is 22.7. The van der Waals surface area contributed by atoms with Gasteiger partial charge in [0.05, 0.1) is 14.2 Å². The Bertz CT molecular complexity index is 1280. The molecule has 0 aromatic heterocycles. The number of benzene rings is 3. The van der Waals surface area contributed by atoms with E-state index in [4.69, 9.17) is 14.2 Å². The molecule has 0 fully saturated rings. The second kappa shape index (κ2) is 9.66. The zero-order valence-electron chi connectivity index (χ0n) is 19.8. The summed E-state index contributed by atoms with van der Waals surface area (Å²) in [7, 11) is 3.19. The van der Waals surface area contributed by atoms with Crippen molar-refractivity contribution in [2.24, 2.45) is 0 Å². The molecule has 6 heteroatoms. The molecule has 1 amide bonds. The number of anilines is 1. The van der Waals surface area contributed by atoms with Crippen molar-refractivity contribution in [2.45, 2.75) is 31.6 Å². The predicted molar refractivity (Wildman–Crippen MR) is 133 cm³/mol. The summed E-state index contributed by atoms with van der Waals surface area (Å²) in [6.07, 6.45) is 2.04. The summed E-state index contributed by atoms with van der Waals surface area (Å²) in [6, 6.07) is 22.5. The smallest absolute Gasteiger partial charge is 0.232 e. The fraction of sp³-hybridized carbons (Fsp3) is 0.241. The van der Waals surface area contributed by atoms with E-state index in [9.17, 15) is 9.59 Å². The number of nitrogens with zero attached hydrogens (tertiary/aromatic N) is 1. The Hall–Kier alpha value is -4.06. The van der Waals surface area contributed by atoms with Crippen molar-refractivity contribution < 1.29 is 23.8 Å². The second-order valence-corrected chi connectivity index (χ2v) is 8.64. The molecule has 3 aromatic rings. The number of hydrogen-bond acceptors (Lipinski definition) is 5. The Morgan fingerprint density at radius 3 is 2.23 bits per heavy atom. The largest absolute Gasteiger partial charge is 0.497 e. The van der Waals surface area contributed by atoms with Crippen molar-refractivity contribution in [2.75, 3.05) is 19.1 Å². The van der Waals surface area contributed by atoms with Crippen LogP contribution < -0.4 is 19.1 Å². The van der Waals surface area contributed by atoms with Gasteiger partial charge in [-0.05, 0) is 67.4 Å². The lowest BCUT2D eigenvalue weighted by atomic mass is 9.76. The van der Waals surface area contributed by atoms with Crippen molar-refractivity contribution in [1.82, 2.24) is 0 Å². The van der Waals surface area contributed by atoms with Crippen molar-refractivity contribution in [3.8, 4) is 23.0 Å². The van der Waals surface area contributed by atoms with Crippen LogP contribution >= 0.6 is 0 Å². The Morgan fingerprint density at radius 1 is 0.800 bits per heavy atom. The van der Waals surface area contributed by atoms with E-state index in [0.717, 1.165) is 29.1 Å². The molecule has 35 heavy (non-hydrogen) atoms. The lowest BCUT2D eigenvalue weighted by Gasteiger charge is -2.38. The monoisotopic (exact) mass is 469 g/mol. The Kier molecular flexibility index (Phi) is 6.27. The molecule has 0 saturated carbocycles. The molecular weight excluding hydrogens is 442 g/mol. The molecule has 3 aromatic carbocycles. The Balaban J connectivity index is 1.53. The van der Waals surface area contributed by atoms with Gasteiger partial charge in [0.25, 0.3) is 0 Å². The third-order valence-electron chi connectivity index (χ3n) is 6.56. The normalized spacial score (nSPS) is 17.8. The van der Waals surface area contributed by atoms with E-state index < -0.39 is 0 Å². The highest BCUT2D eigenvalue weighted by Crippen LogP contribution is 2.46. The van der Waals surface area contributed by atoms with Gasteiger partial charge in [0.1, 0.15) is 23.0 Å². The lowest BCUT2D eigenvalue weighted by molar-refractivity contribution is -0.119. The number of allylic oxidation sites excluding steroid dienone is 2. The molecule has 1 unspecified atom stereocenters. The predicted octanol–water partition coefficient (Wildman–Crippen LogP) is 6.02. The lowest BCUT2D eigenvalue weighted by Crippen LogP contribution is -2.40. The molecule has 0 radical (unpaired) electrons. The molecule has 1 heterocycles. The molecule has 1 aliphatic heterocycles. The first-order valence-corrected chi connectivity index (χ1v) is 11.7. The number of carbonyl (C=O) groups excluding carboxylic acids is 2. The molecular formula is C29H27NO5. The minimum Gasteiger partial charge on any atom is -0.497 e. The maximum Gasteiger partial charge on any atom is 0.232 e. The van der Waals surface area contributed by atoms with Gasteiger partial charge in [0.2, 0.25) is 5.91 Å². The topological polar surface area (TPSA) is 65.1 Å². The van der Waals surface area contributed by atoms with Crippen LogP contribution in [0.1, 0.15) is 37.2 Å². The minimum absolute atomic E-state index is 0.0509. The summed E-state index contributed by atoms with van der Waals surface area (Å²) in [5.74, 6) is 2.39. The van der Waals surface area contributed by atoms with Crippen LogP contribution in [0, 0.1) is 0 Å². The number of hydrogen-bond donors (Lipinski definition) is 0. The van der Waals surface area contributed by atoms with Crippen LogP contribution in [-0.4, -0.2) is 25.9 Å². The standard InChI is InChI=1S/C29H27NO5/c1-33-22-15-16-27(34-2)23(17-22)24-18-28(32)30(25-9-6-10-26(31)29(24)25)19-11-13-21(14-12-19)35-20-7-4-3-5-8-20/h3-5,7-8,11-17,24H,6,9-10,18H2,1-2H3. The van der Waals surface area contributed by atoms with Gasteiger partial charge in [0, 0.05) is 41.3 Å². The fourth-order valence-corrected chi connectivity index (χ4v) is 4.96. The summed E-state index contributed by atoms with van der Waals surface area (Å²) in [6.45, 7) is 0. The van der Waals surface area contributed by atoms with Gasteiger partial charge >= 0.3 is 0 Å². The maximum atomic E-state index is 13.5. The van der Waals surface area contributed by atoms with Crippen LogP contribution in [0.4, 0.5) is 5.69 Å². The third kappa shape index (κ3) is 4.39. The second-order valence-electron chi connectivity index (χ2n) is 8.64. The molecule has 0 spiro atoms. The Morgan fingerprint density at radius 2 is 1.51 bits per heavy atom. The molecule has 2 aliphatic rings. The SMILES string of the molecule is COc1ccc(OC)c(C2CC(=O)N(c3ccc(Oc4ccccc4)cc3)C3=C2C(=O)CCC3)c1. The quantitative estimate of drug-likeness (QED) is 0.441. The molecule has 6 nitrogen and oxygen atoms in total. The van der Waals surface area contributed by atoms with E-state index in [-0.39, 0.29) is 24.0 Å². The summed E-state index contributed by atoms with van der Waals surface area (Å²) in [5.41, 5.74) is 3.01. The van der Waals surface area contributed by atoms with Crippen LogP contribution in [-0.2, 0) is 9.59 Å². The van der Waals surface area contributed by atoms with E-state index in [1.54, 1.807) is 19.1 Å². The molecule has 1 aliphatic carbocycles. The van der Waals surface area contributed by atoms with Gasteiger partial charge in [-0.3, -0.25) is 14.5 Å². The number of amides is 1. The number of ketones is 1. The van der Waals surface area contributed by atoms with E-state index in [2.05, 4.69) is 0 Å². The van der Waals surface area contributed by atoms with Gasteiger partial charge in [-0.25, -0.2) is 0 Å². The number of ether oxygens (including phenoxy) is 3. The number of Topliss-reactive ketones (excluding diaryl/α,β-unsaturated/α-hetero) is 1. The summed E-state index contributed by atoms with van der Waals surface area (Å²) >= 11 is 0. The summed E-state index contributed by atoms with van der Waals surface area (Å²) < 4.78 is 16.9. The van der Waals surface area contributed by atoms with Crippen LogP contribution in [0.25, 0.3) is 0 Å². The molecule has 178 valence electrons. The van der Waals surface area contributed by atoms with Gasteiger partial charge < -0.3 is 14.2 Å². The van der Waals surface area contributed by atoms with Crippen molar-refractivity contribution in [3.05, 3.63) is 89.6 Å². The fourth-order valence-electron chi connectivity index (χ4n) is 4.96. The summed E-state index contributed by atoms with van der Waals surface area (Å²) in [4.78, 5) is 28.5. The summed E-state index contributed by atoms with van der Waals surface area (Å²) in [5, 5.41) is 0. The van der Waals surface area contributed by atoms with E-state index in [1.165, 1.54) is 0 Å². The van der Waals surface area contributed by atoms with Gasteiger partial charge in [-0.2, -0.15) is 0 Å². The van der Waals surface area contributed by atoms with Crippen molar-refractivity contribution in [1.29, 1.82) is 0 Å². The highest BCUT2D eigenvalue weighted by molar-refractivity contribution is 6.07. The van der Waals surface area contributed by atoms with Crippen LogP contribution in [0.5, 0.6) is 23.0 Å². The van der Waals surface area contributed by atoms with Crippen LogP contribution in [0.2, 0.25) is 0 Å². The molecule has 0 saturated heterocycles. The minimum atomic E-state index is -0.368. The van der Waals surface area contributed by atoms with Gasteiger partial charge in [-0.1, -0.05) is 18.2 Å². The van der Waals surface area contributed by atoms with Gasteiger partial charge in [-0.15, -0.1) is 0 Å². The maximum absolute atomic E-state index is 13.5. The van der Waals surface area contributed by atoms with Crippen molar-refractivity contribution in [3.63, 3.8) is 0 Å². The van der Waals surface area contributed by atoms with E-state index in [1.807, 2.05) is 72.8 Å². The van der Waals surface area contributed by atoms with Crippen LogP contribution in [0.3, 0.4) is 0 Å². The average Bonchev–Trinajstić information content (AvgIpc) is 2.89. The Labute approximate surface area is 204 Å². The van der Waals surface area contributed by atoms with E-state index >= 15 is 0 Å². The van der Waals surface area contributed by atoms with E-state index in [0.29, 0.717) is 35.7 Å².